The van der Waals surface area contributed by atoms with Crippen LogP contribution in [-0.2, 0) is 19.6 Å². The third kappa shape index (κ3) is 5.42. The van der Waals surface area contributed by atoms with Crippen molar-refractivity contribution in [1.82, 2.24) is 4.90 Å². The summed E-state index contributed by atoms with van der Waals surface area (Å²) in [6.45, 7) is -0.466. The van der Waals surface area contributed by atoms with Gasteiger partial charge in [0, 0.05) is 5.69 Å². The summed E-state index contributed by atoms with van der Waals surface area (Å²) >= 11 is 0.768. The molecule has 0 aromatic heterocycles. The van der Waals surface area contributed by atoms with E-state index in [9.17, 15) is 22.8 Å². The van der Waals surface area contributed by atoms with Gasteiger partial charge in [0.25, 0.3) is 11.1 Å². The number of primary sulfonamides is 1. The number of carbonyl (C=O) groups is 3. The SMILES string of the molecule is NS(=O)(=O)c1ccc(NC(=O)CN2C(=O)S/C(=C\c3ccc(-c4ccccc4)cc3)C2=O)cc1. The van der Waals surface area contributed by atoms with Crippen molar-refractivity contribution in [1.29, 1.82) is 0 Å². The zero-order chi connectivity index (χ0) is 24.3. The van der Waals surface area contributed by atoms with Crippen LogP contribution in [0.2, 0.25) is 0 Å². The summed E-state index contributed by atoms with van der Waals surface area (Å²) in [6.07, 6.45) is 1.61. The van der Waals surface area contributed by atoms with Crippen LogP contribution in [0.4, 0.5) is 10.5 Å². The number of benzene rings is 3. The van der Waals surface area contributed by atoms with Crippen LogP contribution >= 0.6 is 11.8 Å². The van der Waals surface area contributed by atoms with Crippen LogP contribution in [0, 0.1) is 0 Å². The molecule has 3 aromatic rings. The van der Waals surface area contributed by atoms with Crippen LogP contribution in [0.25, 0.3) is 17.2 Å². The number of anilines is 1. The smallest absolute Gasteiger partial charge is 0.294 e. The average Bonchev–Trinajstić information content (AvgIpc) is 3.07. The summed E-state index contributed by atoms with van der Waals surface area (Å²) in [6, 6.07) is 22.6. The molecule has 1 heterocycles. The molecule has 3 amide bonds. The third-order valence-electron chi connectivity index (χ3n) is 4.96. The minimum atomic E-state index is -3.85. The van der Waals surface area contributed by atoms with Gasteiger partial charge in [0.2, 0.25) is 15.9 Å². The molecule has 1 aliphatic heterocycles. The summed E-state index contributed by atoms with van der Waals surface area (Å²) < 4.78 is 22.6. The topological polar surface area (TPSA) is 127 Å². The van der Waals surface area contributed by atoms with Gasteiger partial charge in [0.1, 0.15) is 6.54 Å². The second-order valence-corrected chi connectivity index (χ2v) is 9.93. The largest absolute Gasteiger partial charge is 0.325 e. The number of amides is 3. The van der Waals surface area contributed by atoms with Crippen molar-refractivity contribution in [3.8, 4) is 11.1 Å². The fraction of sp³-hybridized carbons (Fsp3) is 0.0417. The Hall–Kier alpha value is -3.73. The van der Waals surface area contributed by atoms with Crippen LogP contribution in [0.1, 0.15) is 5.56 Å². The Labute approximate surface area is 200 Å². The van der Waals surface area contributed by atoms with Gasteiger partial charge >= 0.3 is 0 Å². The fourth-order valence-electron chi connectivity index (χ4n) is 3.26. The lowest BCUT2D eigenvalue weighted by Crippen LogP contribution is -2.36. The summed E-state index contributed by atoms with van der Waals surface area (Å²) in [7, 11) is -3.85. The van der Waals surface area contributed by atoms with Gasteiger partial charge in [-0.25, -0.2) is 13.6 Å². The predicted octanol–water partition coefficient (Wildman–Crippen LogP) is 3.68. The van der Waals surface area contributed by atoms with Crippen molar-refractivity contribution >= 4 is 50.6 Å². The van der Waals surface area contributed by atoms with E-state index < -0.39 is 33.6 Å². The molecule has 3 aromatic carbocycles. The van der Waals surface area contributed by atoms with Gasteiger partial charge in [0.15, 0.2) is 0 Å². The van der Waals surface area contributed by atoms with Crippen molar-refractivity contribution in [3.63, 3.8) is 0 Å². The Morgan fingerprint density at radius 3 is 2.15 bits per heavy atom. The van der Waals surface area contributed by atoms with E-state index in [-0.39, 0.29) is 9.80 Å². The lowest BCUT2D eigenvalue weighted by Gasteiger charge is -2.12. The highest BCUT2D eigenvalue weighted by atomic mass is 32.2. The second kappa shape index (κ2) is 9.64. The molecule has 1 fully saturated rings. The minimum absolute atomic E-state index is 0.0987. The highest BCUT2D eigenvalue weighted by Gasteiger charge is 2.36. The van der Waals surface area contributed by atoms with Crippen molar-refractivity contribution in [2.75, 3.05) is 11.9 Å². The van der Waals surface area contributed by atoms with E-state index in [2.05, 4.69) is 5.32 Å². The summed E-state index contributed by atoms with van der Waals surface area (Å²) in [5.74, 6) is -1.15. The highest BCUT2D eigenvalue weighted by Crippen LogP contribution is 2.32. The Bertz CT molecular complexity index is 1380. The quantitative estimate of drug-likeness (QED) is 0.505. The molecule has 0 saturated carbocycles. The fourth-order valence-corrected chi connectivity index (χ4v) is 4.62. The zero-order valence-electron chi connectivity index (χ0n) is 17.7. The molecule has 1 saturated heterocycles. The molecule has 0 radical (unpaired) electrons. The molecule has 3 N–H and O–H groups in total. The van der Waals surface area contributed by atoms with Gasteiger partial charge in [-0.2, -0.15) is 0 Å². The standard InChI is InChI=1S/C24H19N3O5S2/c25-34(31,32)20-12-10-19(11-13-20)26-22(28)15-27-23(29)21(33-24(27)30)14-16-6-8-18(9-7-16)17-4-2-1-3-5-17/h1-14H,15H2,(H,26,28)(H2,25,31,32)/b21-14-. The molecular formula is C24H19N3O5S2. The van der Waals surface area contributed by atoms with Gasteiger partial charge in [-0.1, -0.05) is 54.6 Å². The van der Waals surface area contributed by atoms with Crippen molar-refractivity contribution in [2.45, 2.75) is 4.90 Å². The second-order valence-electron chi connectivity index (χ2n) is 7.37. The normalized spacial score (nSPS) is 15.1. The number of rotatable bonds is 6. The van der Waals surface area contributed by atoms with E-state index in [0.717, 1.165) is 33.4 Å². The Morgan fingerprint density at radius 1 is 0.912 bits per heavy atom. The molecule has 34 heavy (non-hydrogen) atoms. The maximum atomic E-state index is 12.7. The summed E-state index contributed by atoms with van der Waals surface area (Å²) in [5, 5.41) is 7.03. The van der Waals surface area contributed by atoms with Crippen molar-refractivity contribution in [2.24, 2.45) is 5.14 Å². The molecule has 8 nitrogen and oxygen atoms in total. The van der Waals surface area contributed by atoms with E-state index in [1.807, 2.05) is 54.6 Å². The number of nitrogens with two attached hydrogens (primary N) is 1. The van der Waals surface area contributed by atoms with Crippen molar-refractivity contribution < 1.29 is 22.8 Å². The molecule has 1 aliphatic rings. The monoisotopic (exact) mass is 493 g/mol. The van der Waals surface area contributed by atoms with E-state index in [1.54, 1.807) is 6.08 Å². The number of sulfonamides is 1. The molecule has 4 rings (SSSR count). The van der Waals surface area contributed by atoms with Crippen LogP contribution in [0.15, 0.2) is 88.7 Å². The average molecular weight is 494 g/mol. The number of carbonyl (C=O) groups excluding carboxylic acids is 3. The lowest BCUT2D eigenvalue weighted by atomic mass is 10.0. The summed E-state index contributed by atoms with van der Waals surface area (Å²) in [4.78, 5) is 38.4. The maximum absolute atomic E-state index is 12.7. The van der Waals surface area contributed by atoms with E-state index in [1.165, 1.54) is 24.3 Å². The first kappa shape index (κ1) is 23.4. The van der Waals surface area contributed by atoms with Crippen molar-refractivity contribution in [3.05, 3.63) is 89.3 Å². The third-order valence-corrected chi connectivity index (χ3v) is 6.79. The van der Waals surface area contributed by atoms with E-state index in [0.29, 0.717) is 5.69 Å². The Morgan fingerprint density at radius 2 is 1.53 bits per heavy atom. The van der Waals surface area contributed by atoms with Crippen LogP contribution in [-0.4, -0.2) is 36.9 Å². The first-order valence-electron chi connectivity index (χ1n) is 10.0. The molecular weight excluding hydrogens is 474 g/mol. The highest BCUT2D eigenvalue weighted by molar-refractivity contribution is 8.18. The predicted molar refractivity (Wildman–Crippen MR) is 131 cm³/mol. The number of hydrogen-bond acceptors (Lipinski definition) is 6. The molecule has 0 unspecified atom stereocenters. The summed E-state index contributed by atoms with van der Waals surface area (Å²) in [5.41, 5.74) is 3.15. The number of nitrogens with zero attached hydrogens (tertiary/aromatic N) is 1. The molecule has 172 valence electrons. The van der Waals surface area contributed by atoms with E-state index in [4.69, 9.17) is 5.14 Å². The molecule has 0 aliphatic carbocycles. The van der Waals surface area contributed by atoms with E-state index >= 15 is 0 Å². The maximum Gasteiger partial charge on any atom is 0.294 e. The van der Waals surface area contributed by atoms with Gasteiger partial charge < -0.3 is 5.32 Å². The molecule has 0 atom stereocenters. The Kier molecular flexibility index (Phi) is 6.64. The lowest BCUT2D eigenvalue weighted by molar-refractivity contribution is -0.127. The Balaban J connectivity index is 1.41. The van der Waals surface area contributed by atoms with Crippen LogP contribution < -0.4 is 10.5 Å². The van der Waals surface area contributed by atoms with Gasteiger partial charge in [0.05, 0.1) is 9.80 Å². The zero-order valence-corrected chi connectivity index (χ0v) is 19.3. The molecule has 10 heteroatoms. The van der Waals surface area contributed by atoms with Gasteiger partial charge in [-0.15, -0.1) is 0 Å². The van der Waals surface area contributed by atoms with Gasteiger partial charge in [-0.3, -0.25) is 19.3 Å². The number of thioether (sulfide) groups is 1. The first-order chi connectivity index (χ1) is 16.2. The molecule has 0 spiro atoms. The minimum Gasteiger partial charge on any atom is -0.325 e. The first-order valence-corrected chi connectivity index (χ1v) is 12.4. The van der Waals surface area contributed by atoms with Crippen LogP contribution in [0.5, 0.6) is 0 Å². The number of hydrogen-bond donors (Lipinski definition) is 2. The van der Waals surface area contributed by atoms with Crippen LogP contribution in [0.3, 0.4) is 0 Å². The number of imide groups is 1. The molecule has 0 bridgehead atoms. The number of nitrogens with one attached hydrogen (secondary N) is 1. The van der Waals surface area contributed by atoms with Gasteiger partial charge in [-0.05, 0) is 58.8 Å².